The molecule has 0 bridgehead atoms. The van der Waals surface area contributed by atoms with Crippen LogP contribution in [0.4, 0.5) is 0 Å². The number of rotatable bonds is 8. The zero-order valence-corrected chi connectivity index (χ0v) is 11.0. The zero-order valence-electron chi connectivity index (χ0n) is 11.0. The molecule has 1 aliphatic heterocycles. The van der Waals surface area contributed by atoms with Crippen molar-refractivity contribution in [1.29, 1.82) is 0 Å². The Morgan fingerprint density at radius 2 is 2.24 bits per heavy atom. The highest BCUT2D eigenvalue weighted by Gasteiger charge is 2.21. The van der Waals surface area contributed by atoms with Gasteiger partial charge in [-0.05, 0) is 38.8 Å². The molecule has 4 heteroatoms. The normalized spacial score (nSPS) is 25.4. The average Bonchev–Trinajstić information content (AvgIpc) is 3.17. The van der Waals surface area contributed by atoms with Crippen LogP contribution in [0.1, 0.15) is 19.3 Å². The van der Waals surface area contributed by atoms with Gasteiger partial charge in [-0.15, -0.1) is 0 Å². The predicted octanol–water partition coefficient (Wildman–Crippen LogP) is 0.723. The second kappa shape index (κ2) is 7.31. The predicted molar refractivity (Wildman–Crippen MR) is 68.3 cm³/mol. The molecule has 0 radical (unpaired) electrons. The molecular weight excluding hydrogens is 216 g/mol. The number of nitrogens with zero attached hydrogens (tertiary/aromatic N) is 1. The third-order valence-electron chi connectivity index (χ3n) is 3.53. The van der Waals surface area contributed by atoms with Crippen LogP contribution in [0, 0.1) is 5.92 Å². The van der Waals surface area contributed by atoms with E-state index in [1.54, 1.807) is 0 Å². The lowest BCUT2D eigenvalue weighted by Gasteiger charge is -2.26. The van der Waals surface area contributed by atoms with E-state index in [4.69, 9.17) is 9.47 Å². The number of likely N-dealkylation sites (N-methyl/N-ethyl adjacent to an activating group) is 1. The molecule has 2 rings (SSSR count). The quantitative estimate of drug-likeness (QED) is 0.636. The van der Waals surface area contributed by atoms with Gasteiger partial charge in [0.2, 0.25) is 0 Å². The summed E-state index contributed by atoms with van der Waals surface area (Å²) in [6.45, 7) is 6.74. The minimum atomic E-state index is 0.540. The molecule has 0 aromatic heterocycles. The number of nitrogens with one attached hydrogen (secondary N) is 1. The van der Waals surface area contributed by atoms with E-state index >= 15 is 0 Å². The molecule has 1 heterocycles. The fraction of sp³-hybridized carbons (Fsp3) is 1.00. The molecule has 100 valence electrons. The van der Waals surface area contributed by atoms with Crippen molar-refractivity contribution < 1.29 is 9.47 Å². The summed E-state index contributed by atoms with van der Waals surface area (Å²) >= 11 is 0. The summed E-state index contributed by atoms with van der Waals surface area (Å²) < 4.78 is 11.1. The number of morpholine rings is 1. The van der Waals surface area contributed by atoms with Crippen molar-refractivity contribution in [1.82, 2.24) is 10.2 Å². The van der Waals surface area contributed by atoms with Gasteiger partial charge in [0, 0.05) is 25.7 Å². The topological polar surface area (TPSA) is 33.7 Å². The molecule has 0 aromatic carbocycles. The highest BCUT2D eigenvalue weighted by atomic mass is 16.5. The third kappa shape index (κ3) is 5.82. The molecule has 1 saturated carbocycles. The maximum Gasteiger partial charge on any atom is 0.0620 e. The lowest BCUT2D eigenvalue weighted by atomic mass is 10.2. The van der Waals surface area contributed by atoms with Crippen LogP contribution < -0.4 is 5.32 Å². The number of ether oxygens (including phenoxy) is 2. The van der Waals surface area contributed by atoms with Gasteiger partial charge in [-0.2, -0.15) is 0 Å². The largest absolute Gasteiger partial charge is 0.380 e. The second-order valence-electron chi connectivity index (χ2n) is 5.34. The first kappa shape index (κ1) is 13.3. The average molecular weight is 242 g/mol. The SMILES string of the molecule is CN(CCOCC1CC1)CCC1COCCN1. The molecule has 0 amide bonds. The van der Waals surface area contributed by atoms with Crippen LogP contribution in [-0.2, 0) is 9.47 Å². The lowest BCUT2D eigenvalue weighted by molar-refractivity contribution is 0.0674. The second-order valence-corrected chi connectivity index (χ2v) is 5.34. The fourth-order valence-corrected chi connectivity index (χ4v) is 2.05. The van der Waals surface area contributed by atoms with Crippen LogP contribution in [-0.4, -0.2) is 64.1 Å². The first-order valence-corrected chi connectivity index (χ1v) is 6.92. The van der Waals surface area contributed by atoms with Crippen molar-refractivity contribution in [2.24, 2.45) is 5.92 Å². The molecule has 1 unspecified atom stereocenters. The Balaban J connectivity index is 1.43. The molecule has 1 aliphatic carbocycles. The monoisotopic (exact) mass is 242 g/mol. The van der Waals surface area contributed by atoms with E-state index < -0.39 is 0 Å². The molecule has 4 nitrogen and oxygen atoms in total. The molecule has 0 aromatic rings. The van der Waals surface area contributed by atoms with Crippen molar-refractivity contribution >= 4 is 0 Å². The minimum absolute atomic E-state index is 0.540. The summed E-state index contributed by atoms with van der Waals surface area (Å²) in [5.41, 5.74) is 0. The maximum atomic E-state index is 5.64. The van der Waals surface area contributed by atoms with Gasteiger partial charge < -0.3 is 19.7 Å². The van der Waals surface area contributed by atoms with Gasteiger partial charge >= 0.3 is 0 Å². The van der Waals surface area contributed by atoms with Crippen LogP contribution in [0.5, 0.6) is 0 Å². The molecule has 2 aliphatic rings. The van der Waals surface area contributed by atoms with Gasteiger partial charge in [0.05, 0.1) is 19.8 Å². The number of hydrogen-bond donors (Lipinski definition) is 1. The van der Waals surface area contributed by atoms with Gasteiger partial charge in [-0.3, -0.25) is 0 Å². The smallest absolute Gasteiger partial charge is 0.0620 e. The standard InChI is InChI=1S/C13H26N2O2/c1-15(7-9-17-10-12-2-3-12)6-4-13-11-16-8-5-14-13/h12-14H,2-11H2,1H3. The minimum Gasteiger partial charge on any atom is -0.380 e. The van der Waals surface area contributed by atoms with Crippen LogP contribution in [0.15, 0.2) is 0 Å². The summed E-state index contributed by atoms with van der Waals surface area (Å²) in [4.78, 5) is 2.35. The molecule has 17 heavy (non-hydrogen) atoms. The first-order chi connectivity index (χ1) is 8.34. The highest BCUT2D eigenvalue weighted by molar-refractivity contribution is 4.73. The molecular formula is C13H26N2O2. The van der Waals surface area contributed by atoms with Gasteiger partial charge in [0.1, 0.15) is 0 Å². The summed E-state index contributed by atoms with van der Waals surface area (Å²) in [5.74, 6) is 0.879. The van der Waals surface area contributed by atoms with E-state index in [1.807, 2.05) is 0 Å². The van der Waals surface area contributed by atoms with Crippen LogP contribution in [0.2, 0.25) is 0 Å². The van der Waals surface area contributed by atoms with Crippen molar-refractivity contribution in [3.8, 4) is 0 Å². The molecule has 1 saturated heterocycles. The van der Waals surface area contributed by atoms with E-state index in [2.05, 4.69) is 17.3 Å². The van der Waals surface area contributed by atoms with Crippen LogP contribution >= 0.6 is 0 Å². The van der Waals surface area contributed by atoms with Gasteiger partial charge in [0.15, 0.2) is 0 Å². The van der Waals surface area contributed by atoms with E-state index in [1.165, 1.54) is 19.3 Å². The molecule has 0 spiro atoms. The summed E-state index contributed by atoms with van der Waals surface area (Å²) in [5, 5.41) is 3.48. The first-order valence-electron chi connectivity index (χ1n) is 6.92. The highest BCUT2D eigenvalue weighted by Crippen LogP contribution is 2.28. The molecule has 2 fully saturated rings. The summed E-state index contributed by atoms with van der Waals surface area (Å²) in [6.07, 6.45) is 3.92. The Kier molecular flexibility index (Phi) is 5.71. The Labute approximate surface area is 105 Å². The molecule has 1 N–H and O–H groups in total. The summed E-state index contributed by atoms with van der Waals surface area (Å²) in [6, 6.07) is 0.540. The van der Waals surface area contributed by atoms with E-state index in [0.29, 0.717) is 6.04 Å². The Bertz CT molecular complexity index is 204. The van der Waals surface area contributed by atoms with E-state index in [9.17, 15) is 0 Å². The van der Waals surface area contributed by atoms with Gasteiger partial charge in [-0.25, -0.2) is 0 Å². The van der Waals surface area contributed by atoms with Crippen molar-refractivity contribution in [2.75, 3.05) is 53.1 Å². The van der Waals surface area contributed by atoms with Crippen molar-refractivity contribution in [3.05, 3.63) is 0 Å². The van der Waals surface area contributed by atoms with E-state index in [-0.39, 0.29) is 0 Å². The third-order valence-corrected chi connectivity index (χ3v) is 3.53. The van der Waals surface area contributed by atoms with Gasteiger partial charge in [0.25, 0.3) is 0 Å². The summed E-state index contributed by atoms with van der Waals surface area (Å²) in [7, 11) is 2.17. The van der Waals surface area contributed by atoms with Crippen LogP contribution in [0.3, 0.4) is 0 Å². The van der Waals surface area contributed by atoms with Crippen molar-refractivity contribution in [2.45, 2.75) is 25.3 Å². The molecule has 1 atom stereocenters. The van der Waals surface area contributed by atoms with Crippen molar-refractivity contribution in [3.63, 3.8) is 0 Å². The Morgan fingerprint density at radius 3 is 2.94 bits per heavy atom. The maximum absolute atomic E-state index is 5.64. The fourth-order valence-electron chi connectivity index (χ4n) is 2.05. The number of hydrogen-bond acceptors (Lipinski definition) is 4. The lowest BCUT2D eigenvalue weighted by Crippen LogP contribution is -2.43. The zero-order chi connectivity index (χ0) is 11.9. The van der Waals surface area contributed by atoms with Gasteiger partial charge in [-0.1, -0.05) is 0 Å². The van der Waals surface area contributed by atoms with Crippen LogP contribution in [0.25, 0.3) is 0 Å². The Hall–Kier alpha value is -0.160. The Morgan fingerprint density at radius 1 is 1.35 bits per heavy atom. The van der Waals surface area contributed by atoms with E-state index in [0.717, 1.165) is 52.0 Å².